The van der Waals surface area contributed by atoms with E-state index in [-0.39, 0.29) is 0 Å². The number of carbonyl (C=O) groups is 1. The standard InChI is InChI=1S/C16H28O/c1-3-5-13(6-4-2)16(17)11-15-10-12-7-8-14(15)9-12/h12-15H,3-11H2,1-2H3. The molecule has 1 nitrogen and oxygen atoms in total. The number of fused-ring (bicyclic) bond motifs is 2. The summed E-state index contributed by atoms with van der Waals surface area (Å²) in [5, 5.41) is 0. The van der Waals surface area contributed by atoms with E-state index < -0.39 is 0 Å². The zero-order chi connectivity index (χ0) is 12.3. The Morgan fingerprint density at radius 1 is 1.12 bits per heavy atom. The molecule has 2 saturated carbocycles. The Balaban J connectivity index is 1.82. The van der Waals surface area contributed by atoms with Crippen LogP contribution in [0, 0.1) is 23.7 Å². The normalized spacial score (nSPS) is 31.4. The number of hydrogen-bond acceptors (Lipinski definition) is 1. The molecule has 0 aromatic rings. The maximum absolute atomic E-state index is 12.4. The van der Waals surface area contributed by atoms with Gasteiger partial charge in [-0.2, -0.15) is 0 Å². The minimum atomic E-state index is 0.379. The van der Waals surface area contributed by atoms with E-state index in [0.29, 0.717) is 11.7 Å². The van der Waals surface area contributed by atoms with Gasteiger partial charge in [-0.3, -0.25) is 4.79 Å². The molecule has 3 unspecified atom stereocenters. The highest BCUT2D eigenvalue weighted by atomic mass is 16.1. The largest absolute Gasteiger partial charge is 0.299 e. The van der Waals surface area contributed by atoms with E-state index >= 15 is 0 Å². The van der Waals surface area contributed by atoms with Crippen molar-refractivity contribution in [1.82, 2.24) is 0 Å². The Hall–Kier alpha value is -0.330. The molecule has 0 heterocycles. The molecule has 2 aliphatic carbocycles. The van der Waals surface area contributed by atoms with Crippen molar-refractivity contribution >= 4 is 5.78 Å². The van der Waals surface area contributed by atoms with Crippen LogP contribution in [0.25, 0.3) is 0 Å². The molecule has 0 N–H and O–H groups in total. The van der Waals surface area contributed by atoms with Crippen molar-refractivity contribution in [3.05, 3.63) is 0 Å². The van der Waals surface area contributed by atoms with Gasteiger partial charge < -0.3 is 0 Å². The van der Waals surface area contributed by atoms with Gasteiger partial charge in [0.25, 0.3) is 0 Å². The van der Waals surface area contributed by atoms with Crippen molar-refractivity contribution in [3.63, 3.8) is 0 Å². The van der Waals surface area contributed by atoms with E-state index in [4.69, 9.17) is 0 Å². The lowest BCUT2D eigenvalue weighted by atomic mass is 9.81. The molecular formula is C16H28O. The Bertz CT molecular complexity index is 252. The Labute approximate surface area is 106 Å². The summed E-state index contributed by atoms with van der Waals surface area (Å²) in [7, 11) is 0. The van der Waals surface area contributed by atoms with Crippen molar-refractivity contribution in [2.75, 3.05) is 0 Å². The quantitative estimate of drug-likeness (QED) is 0.631. The van der Waals surface area contributed by atoms with Gasteiger partial charge in [-0.05, 0) is 49.9 Å². The lowest BCUT2D eigenvalue weighted by molar-refractivity contribution is -0.124. The fourth-order valence-electron chi connectivity index (χ4n) is 4.21. The van der Waals surface area contributed by atoms with Gasteiger partial charge >= 0.3 is 0 Å². The van der Waals surface area contributed by atoms with Gasteiger partial charge in [0, 0.05) is 12.3 Å². The summed E-state index contributed by atoms with van der Waals surface area (Å²) in [6, 6.07) is 0. The molecular weight excluding hydrogens is 208 g/mol. The molecule has 2 fully saturated rings. The Morgan fingerprint density at radius 3 is 2.29 bits per heavy atom. The molecule has 0 aliphatic heterocycles. The van der Waals surface area contributed by atoms with Crippen LogP contribution in [0.5, 0.6) is 0 Å². The molecule has 0 spiro atoms. The first-order valence-corrected chi connectivity index (χ1v) is 7.77. The fourth-order valence-corrected chi connectivity index (χ4v) is 4.21. The van der Waals surface area contributed by atoms with Crippen LogP contribution >= 0.6 is 0 Å². The van der Waals surface area contributed by atoms with Crippen LogP contribution < -0.4 is 0 Å². The summed E-state index contributed by atoms with van der Waals surface area (Å²) < 4.78 is 0. The molecule has 0 amide bonds. The predicted molar refractivity (Wildman–Crippen MR) is 71.9 cm³/mol. The smallest absolute Gasteiger partial charge is 0.136 e. The third-order valence-corrected chi connectivity index (χ3v) is 5.08. The summed E-state index contributed by atoms with van der Waals surface area (Å²) >= 11 is 0. The molecule has 98 valence electrons. The molecule has 0 aromatic carbocycles. The maximum atomic E-state index is 12.4. The van der Waals surface area contributed by atoms with Crippen molar-refractivity contribution in [3.8, 4) is 0 Å². The average molecular weight is 236 g/mol. The van der Waals surface area contributed by atoms with Crippen molar-refractivity contribution < 1.29 is 4.79 Å². The highest BCUT2D eigenvalue weighted by molar-refractivity contribution is 5.81. The first kappa shape index (κ1) is 13.1. The van der Waals surface area contributed by atoms with Crippen LogP contribution in [0.4, 0.5) is 0 Å². The van der Waals surface area contributed by atoms with Gasteiger partial charge in [0.15, 0.2) is 0 Å². The van der Waals surface area contributed by atoms with Gasteiger partial charge in [0.05, 0.1) is 0 Å². The summed E-state index contributed by atoms with van der Waals surface area (Å²) in [4.78, 5) is 12.4. The van der Waals surface area contributed by atoms with Crippen LogP contribution in [-0.2, 0) is 4.79 Å². The number of Topliss-reactive ketones (excluding diaryl/α,β-unsaturated/α-hetero) is 1. The highest BCUT2D eigenvalue weighted by Crippen LogP contribution is 2.49. The van der Waals surface area contributed by atoms with Crippen LogP contribution in [0.1, 0.15) is 71.6 Å². The van der Waals surface area contributed by atoms with Gasteiger partial charge in [0.2, 0.25) is 0 Å². The minimum absolute atomic E-state index is 0.379. The lowest BCUT2D eigenvalue weighted by Crippen LogP contribution is -2.21. The monoisotopic (exact) mass is 236 g/mol. The lowest BCUT2D eigenvalue weighted by Gasteiger charge is -2.23. The second-order valence-corrected chi connectivity index (χ2v) is 6.38. The van der Waals surface area contributed by atoms with Gasteiger partial charge in [-0.1, -0.05) is 33.1 Å². The second-order valence-electron chi connectivity index (χ2n) is 6.38. The topological polar surface area (TPSA) is 17.1 Å². The van der Waals surface area contributed by atoms with E-state index in [0.717, 1.165) is 49.9 Å². The van der Waals surface area contributed by atoms with Crippen LogP contribution in [-0.4, -0.2) is 5.78 Å². The molecule has 0 aromatic heterocycles. The molecule has 2 bridgehead atoms. The number of carbonyl (C=O) groups excluding carboxylic acids is 1. The number of hydrogen-bond donors (Lipinski definition) is 0. The van der Waals surface area contributed by atoms with Crippen LogP contribution in [0.3, 0.4) is 0 Å². The van der Waals surface area contributed by atoms with Gasteiger partial charge in [-0.15, -0.1) is 0 Å². The fraction of sp³-hybridized carbons (Fsp3) is 0.938. The van der Waals surface area contributed by atoms with Crippen LogP contribution in [0.2, 0.25) is 0 Å². The molecule has 1 heteroatoms. The summed E-state index contributed by atoms with van der Waals surface area (Å²) in [6.45, 7) is 4.40. The zero-order valence-corrected chi connectivity index (χ0v) is 11.6. The van der Waals surface area contributed by atoms with Crippen molar-refractivity contribution in [2.24, 2.45) is 23.7 Å². The molecule has 2 aliphatic rings. The second kappa shape index (κ2) is 6.02. The molecule has 17 heavy (non-hydrogen) atoms. The van der Waals surface area contributed by atoms with Gasteiger partial charge in [-0.25, -0.2) is 0 Å². The molecule has 0 saturated heterocycles. The maximum Gasteiger partial charge on any atom is 0.136 e. The summed E-state index contributed by atoms with van der Waals surface area (Å²) in [6.07, 6.45) is 11.1. The Morgan fingerprint density at radius 2 is 1.82 bits per heavy atom. The van der Waals surface area contributed by atoms with E-state index in [1.54, 1.807) is 0 Å². The van der Waals surface area contributed by atoms with Crippen LogP contribution in [0.15, 0.2) is 0 Å². The molecule has 3 atom stereocenters. The van der Waals surface area contributed by atoms with E-state index in [2.05, 4.69) is 13.8 Å². The van der Waals surface area contributed by atoms with Crippen molar-refractivity contribution in [1.29, 1.82) is 0 Å². The first-order valence-electron chi connectivity index (χ1n) is 7.77. The summed E-state index contributed by atoms with van der Waals surface area (Å²) in [5.74, 6) is 3.62. The first-order chi connectivity index (χ1) is 8.24. The zero-order valence-electron chi connectivity index (χ0n) is 11.6. The number of ketones is 1. The molecule has 0 radical (unpaired) electrons. The predicted octanol–water partition coefficient (Wildman–Crippen LogP) is 4.60. The SMILES string of the molecule is CCCC(CCC)C(=O)CC1CC2CCC1C2. The Kier molecular flexibility index (Phi) is 4.64. The van der Waals surface area contributed by atoms with Crippen molar-refractivity contribution in [2.45, 2.75) is 71.6 Å². The average Bonchev–Trinajstić information content (AvgIpc) is 2.90. The van der Waals surface area contributed by atoms with Gasteiger partial charge in [0.1, 0.15) is 5.78 Å². The van der Waals surface area contributed by atoms with E-state index in [1.807, 2.05) is 0 Å². The minimum Gasteiger partial charge on any atom is -0.299 e. The summed E-state index contributed by atoms with van der Waals surface area (Å²) in [5.41, 5.74) is 0. The van der Waals surface area contributed by atoms with E-state index in [9.17, 15) is 4.79 Å². The molecule has 2 rings (SSSR count). The number of rotatable bonds is 7. The highest BCUT2D eigenvalue weighted by Gasteiger charge is 2.40. The third-order valence-electron chi connectivity index (χ3n) is 5.08. The van der Waals surface area contributed by atoms with E-state index in [1.165, 1.54) is 25.7 Å². The third kappa shape index (κ3) is 3.11.